The van der Waals surface area contributed by atoms with Crippen molar-refractivity contribution >= 4 is 39.6 Å². The quantitative estimate of drug-likeness (QED) is 0.123. The predicted octanol–water partition coefficient (Wildman–Crippen LogP) is 11.0. The monoisotopic (exact) mass is 874 g/mol. The molecule has 0 fully saturated rings. The summed E-state index contributed by atoms with van der Waals surface area (Å²) in [6.45, 7) is 3.81. The van der Waals surface area contributed by atoms with Gasteiger partial charge in [-0.05, 0) is 41.2 Å². The van der Waals surface area contributed by atoms with E-state index in [0.29, 0.717) is 16.8 Å². The van der Waals surface area contributed by atoms with Gasteiger partial charge in [0.15, 0.2) is 0 Å². The molecule has 48 heavy (non-hydrogen) atoms. The van der Waals surface area contributed by atoms with Crippen LogP contribution in [0.1, 0.15) is 37.4 Å². The van der Waals surface area contributed by atoms with Crippen molar-refractivity contribution in [2.45, 2.75) is 51.3 Å². The molecular weight excluding hydrogens is 825 g/mol. The fourth-order valence-corrected chi connectivity index (χ4v) is 9.39. The van der Waals surface area contributed by atoms with Gasteiger partial charge in [-0.1, -0.05) is 78.9 Å². The average Bonchev–Trinajstić information content (AvgIpc) is 3.49. The van der Waals surface area contributed by atoms with E-state index in [-0.39, 0.29) is 26.0 Å². The molecule has 0 amide bonds. The Morgan fingerprint density at radius 2 is 1.67 bits per heavy atom. The van der Waals surface area contributed by atoms with E-state index in [9.17, 15) is 0 Å². The molecule has 3 heterocycles. The van der Waals surface area contributed by atoms with Crippen LogP contribution in [0.4, 0.5) is 0 Å². The first-order chi connectivity index (χ1) is 24.5. The van der Waals surface area contributed by atoms with Crippen molar-refractivity contribution in [3.8, 4) is 33.6 Å². The Labute approximate surface area is 308 Å². The fourth-order valence-electron chi connectivity index (χ4n) is 5.81. The number of hydrogen-bond acceptors (Lipinski definition) is 3. The van der Waals surface area contributed by atoms with Gasteiger partial charge in [-0.3, -0.25) is 0 Å². The van der Waals surface area contributed by atoms with Crippen molar-refractivity contribution in [3.63, 3.8) is 0 Å². The molecule has 7 rings (SSSR count). The normalized spacial score (nSPS) is 13.4. The van der Waals surface area contributed by atoms with Crippen molar-refractivity contribution in [1.29, 1.82) is 0 Å². The van der Waals surface area contributed by atoms with E-state index in [4.69, 9.17) is 11.3 Å². The molecule has 0 saturated heterocycles. The van der Waals surface area contributed by atoms with Gasteiger partial charge in [0.1, 0.15) is 5.58 Å². The molecule has 245 valence electrons. The Kier molecular flexibility index (Phi) is 9.20. The number of rotatable bonds is 6. The topological polar surface area (TPSA) is 38.9 Å². The van der Waals surface area contributed by atoms with Crippen molar-refractivity contribution in [2.24, 2.45) is 5.92 Å². The smallest absolute Gasteiger partial charge is 0.121 e. The van der Waals surface area contributed by atoms with Gasteiger partial charge in [0, 0.05) is 34.4 Å². The van der Waals surface area contributed by atoms with Gasteiger partial charge in [-0.25, -0.2) is 0 Å². The predicted molar refractivity (Wildman–Crippen MR) is 201 cm³/mol. The molecule has 7 aromatic rings. The zero-order chi connectivity index (χ0) is 37.4. The van der Waals surface area contributed by atoms with Crippen LogP contribution in [0.2, 0.25) is 17.3 Å². The minimum Gasteiger partial charge on any atom is -0.501 e. The largest absolute Gasteiger partial charge is 0.501 e. The number of nitrogens with zero attached hydrogens (tertiary/aromatic N) is 2. The van der Waals surface area contributed by atoms with Gasteiger partial charge in [0.2, 0.25) is 0 Å². The van der Waals surface area contributed by atoms with Gasteiger partial charge < -0.3 is 9.40 Å². The summed E-state index contributed by atoms with van der Waals surface area (Å²) in [6, 6.07) is 37.3. The molecule has 0 spiro atoms. The summed E-state index contributed by atoms with van der Waals surface area (Å²) in [5.41, 5.74) is 9.05. The first kappa shape index (κ1) is 29.1. The Balaban J connectivity index is 0.000000216. The second-order valence-electron chi connectivity index (χ2n) is 13.1. The molecule has 5 heteroatoms. The zero-order valence-electron chi connectivity index (χ0n) is 33.1. The third-order valence-electron chi connectivity index (χ3n) is 8.02. The molecule has 3 aromatic heterocycles. The zero-order valence-corrected chi connectivity index (χ0v) is 32.6. The number of furan rings is 1. The van der Waals surface area contributed by atoms with Crippen LogP contribution < -0.4 is 4.40 Å². The molecule has 3 nitrogen and oxygen atoms in total. The van der Waals surface area contributed by atoms with E-state index in [1.54, 1.807) is 24.4 Å². The van der Waals surface area contributed by atoms with Crippen LogP contribution in [0.5, 0.6) is 0 Å². The maximum atomic E-state index is 8.44. The molecule has 0 aliphatic rings. The van der Waals surface area contributed by atoms with Gasteiger partial charge >= 0.3 is 117 Å². The summed E-state index contributed by atoms with van der Waals surface area (Å²) in [6.07, 6.45) is 2.20. The van der Waals surface area contributed by atoms with E-state index in [2.05, 4.69) is 82.7 Å². The van der Waals surface area contributed by atoms with Crippen LogP contribution in [0.15, 0.2) is 114 Å². The summed E-state index contributed by atoms with van der Waals surface area (Å²) in [4.78, 5) is 9.05. The summed E-state index contributed by atoms with van der Waals surface area (Å²) in [7, 11) is 0. The maximum absolute atomic E-state index is 8.44. The Bertz CT molecular complexity index is 2350. The van der Waals surface area contributed by atoms with Crippen molar-refractivity contribution in [3.05, 3.63) is 138 Å². The van der Waals surface area contributed by atoms with Crippen LogP contribution in [-0.2, 0) is 26.5 Å². The molecule has 0 aliphatic carbocycles. The summed E-state index contributed by atoms with van der Waals surface area (Å²) < 4.78 is 46.7. The third kappa shape index (κ3) is 8.06. The fraction of sp³-hybridized carbons (Fsp3) is 0.209. The molecule has 0 atom stereocenters. The van der Waals surface area contributed by atoms with E-state index >= 15 is 0 Å². The van der Waals surface area contributed by atoms with E-state index in [1.165, 1.54) is 16.0 Å². The van der Waals surface area contributed by atoms with Gasteiger partial charge in [0.25, 0.3) is 0 Å². The van der Waals surface area contributed by atoms with Crippen LogP contribution >= 0.6 is 0 Å². The second-order valence-corrected chi connectivity index (χ2v) is 23.7. The van der Waals surface area contributed by atoms with Gasteiger partial charge in [-0.15, -0.1) is 18.2 Å². The first-order valence-electron chi connectivity index (χ1n) is 18.4. The van der Waals surface area contributed by atoms with Crippen molar-refractivity contribution < 1.29 is 31.4 Å². The Morgan fingerprint density at radius 3 is 2.35 bits per heavy atom. The van der Waals surface area contributed by atoms with E-state index in [1.807, 2.05) is 56.4 Å². The maximum Gasteiger partial charge on any atom is 0.121 e. The van der Waals surface area contributed by atoms with E-state index in [0.717, 1.165) is 49.9 Å². The van der Waals surface area contributed by atoms with Gasteiger partial charge in [-0.2, -0.15) is 0 Å². The number of aryl methyl sites for hydroxylation is 2. The number of pyridine rings is 2. The Hall–Kier alpha value is -3.83. The number of benzene rings is 4. The van der Waals surface area contributed by atoms with Crippen molar-refractivity contribution in [2.75, 3.05) is 0 Å². The van der Waals surface area contributed by atoms with Crippen LogP contribution in [0.25, 0.3) is 55.6 Å². The summed E-state index contributed by atoms with van der Waals surface area (Å²) in [5, 5.41) is 2.04. The molecule has 0 bridgehead atoms. The van der Waals surface area contributed by atoms with Crippen LogP contribution in [0, 0.1) is 31.8 Å². The molecule has 0 N–H and O–H groups in total. The second kappa shape index (κ2) is 15.2. The first-order valence-corrected chi connectivity index (χ1v) is 23.3. The molecule has 4 aromatic carbocycles. The third-order valence-corrected chi connectivity index (χ3v) is 12.5. The number of fused-ring (bicyclic) bond motifs is 3. The average molecular weight is 873 g/mol. The minimum absolute atomic E-state index is 0. The van der Waals surface area contributed by atoms with Crippen molar-refractivity contribution in [1.82, 2.24) is 9.97 Å². The number of aromatic nitrogens is 2. The minimum atomic E-state index is -2.08. The summed E-state index contributed by atoms with van der Waals surface area (Å²) >= 11 is -1.89. The molecule has 0 aliphatic heterocycles. The SMILES string of the molecule is [2H]C([2H])([2H])c1c[c-]c(-c2cc(C)[c]([Ge]([CH3])([CH3])[CH3])cn2)cc1.[2H]C([2H])(c1ccnc(-c2[c-]ccc3c2oc2cc(-c4ccccc4)ccc23)c1)C(C)C.[Ir]. The standard InChI is InChI=1S/C27H22NO.C16H20GeN.Ir/c1-18(2)15-19-13-14-28-25(16-19)24-10-6-9-23-22-12-11-21(17-26(22)29-27(23)24)20-7-4-3-5-8-20;1-12-6-8-14(9-7-12)16-10-13(2)15(11-18-16)17(3,4)5;/h3-9,11-14,16-18H,15H2,1-2H3;6-8,10-11H,1-5H3;/q2*-1;/i15D2;1D3;. The molecule has 1 radical (unpaired) electrons. The molecule has 0 unspecified atom stereocenters. The van der Waals surface area contributed by atoms with Crippen LogP contribution in [-0.4, -0.2) is 23.2 Å². The molecule has 0 saturated carbocycles. The molecular formula is C43H42GeIrN2O-2. The Morgan fingerprint density at radius 1 is 0.854 bits per heavy atom. The van der Waals surface area contributed by atoms with Crippen LogP contribution in [0.3, 0.4) is 0 Å². The van der Waals surface area contributed by atoms with Gasteiger partial charge in [0.05, 0.1) is 5.58 Å². The summed E-state index contributed by atoms with van der Waals surface area (Å²) in [5.74, 6) is 6.90. The number of hydrogen-bond donors (Lipinski definition) is 0. The van der Waals surface area contributed by atoms with E-state index < -0.39 is 26.5 Å².